The molecule has 2 aromatic rings. The van der Waals surface area contributed by atoms with E-state index >= 15 is 0 Å². The average Bonchev–Trinajstić information content (AvgIpc) is 2.93. The number of benzene rings is 1. The van der Waals surface area contributed by atoms with Crippen LogP contribution in [0.2, 0.25) is 0 Å². The molecule has 1 saturated heterocycles. The quantitative estimate of drug-likeness (QED) is 0.861. The van der Waals surface area contributed by atoms with Gasteiger partial charge in [0, 0.05) is 25.0 Å². The van der Waals surface area contributed by atoms with Crippen molar-refractivity contribution in [2.75, 3.05) is 19.7 Å². The van der Waals surface area contributed by atoms with Crippen LogP contribution in [-0.4, -0.2) is 39.4 Å². The lowest BCUT2D eigenvalue weighted by Gasteiger charge is -2.51. The third kappa shape index (κ3) is 2.21. The molecule has 2 aliphatic heterocycles. The van der Waals surface area contributed by atoms with Crippen LogP contribution in [0.15, 0.2) is 30.6 Å². The van der Waals surface area contributed by atoms with Crippen LogP contribution in [0.3, 0.4) is 0 Å². The summed E-state index contributed by atoms with van der Waals surface area (Å²) in [5, 5.41) is 4.23. The molecule has 0 saturated carbocycles. The number of rotatable bonds is 3. The van der Waals surface area contributed by atoms with E-state index in [1.165, 1.54) is 5.56 Å². The van der Waals surface area contributed by atoms with E-state index in [0.717, 1.165) is 50.8 Å². The largest absolute Gasteiger partial charge is 0.493 e. The summed E-state index contributed by atoms with van der Waals surface area (Å²) in [5.74, 6) is 2.12. The van der Waals surface area contributed by atoms with Crippen LogP contribution in [0.1, 0.15) is 18.3 Å². The van der Waals surface area contributed by atoms with Gasteiger partial charge in [0.1, 0.15) is 17.9 Å². The summed E-state index contributed by atoms with van der Waals surface area (Å²) in [5.41, 5.74) is 1.64. The van der Waals surface area contributed by atoms with Crippen molar-refractivity contribution >= 4 is 0 Å². The van der Waals surface area contributed by atoms with E-state index < -0.39 is 0 Å². The van der Waals surface area contributed by atoms with Crippen molar-refractivity contribution in [3.8, 4) is 5.75 Å². The van der Waals surface area contributed by atoms with Gasteiger partial charge in [-0.25, -0.2) is 9.67 Å². The first kappa shape index (κ1) is 12.8. The molecule has 1 fully saturated rings. The van der Waals surface area contributed by atoms with Gasteiger partial charge in [-0.2, -0.15) is 5.10 Å². The minimum Gasteiger partial charge on any atom is -0.493 e. The molecule has 0 atom stereocenters. The van der Waals surface area contributed by atoms with E-state index in [1.807, 2.05) is 10.7 Å². The van der Waals surface area contributed by atoms with Crippen molar-refractivity contribution in [2.45, 2.75) is 26.4 Å². The molecule has 1 aromatic carbocycles. The topological polar surface area (TPSA) is 43.2 Å². The van der Waals surface area contributed by atoms with Crippen LogP contribution in [0.4, 0.5) is 0 Å². The Morgan fingerprint density at radius 3 is 3.00 bits per heavy atom. The van der Waals surface area contributed by atoms with Gasteiger partial charge in [0.15, 0.2) is 0 Å². The molecule has 5 nitrogen and oxygen atoms in total. The monoisotopic (exact) mass is 284 g/mol. The highest BCUT2D eigenvalue weighted by Crippen LogP contribution is 2.41. The van der Waals surface area contributed by atoms with Crippen LogP contribution in [0, 0.1) is 5.41 Å². The smallest absolute Gasteiger partial charge is 0.140 e. The molecular formula is C16H20N4O. The van der Waals surface area contributed by atoms with E-state index in [2.05, 4.69) is 40.1 Å². The van der Waals surface area contributed by atoms with Crippen LogP contribution in [0.25, 0.3) is 0 Å². The van der Waals surface area contributed by atoms with Gasteiger partial charge >= 0.3 is 0 Å². The Kier molecular flexibility index (Phi) is 2.96. The molecule has 0 amide bonds. The maximum absolute atomic E-state index is 5.95. The number of ether oxygens (including phenoxy) is 1. The van der Waals surface area contributed by atoms with Crippen LogP contribution in [0.5, 0.6) is 5.75 Å². The molecular weight excluding hydrogens is 264 g/mol. The zero-order chi connectivity index (χ0) is 14.3. The number of fused-ring (bicyclic) bond motifs is 1. The number of nitrogens with zero attached hydrogens (tertiary/aromatic N) is 4. The molecule has 0 radical (unpaired) electrons. The summed E-state index contributed by atoms with van der Waals surface area (Å²) in [6.45, 7) is 6.86. The van der Waals surface area contributed by atoms with Gasteiger partial charge < -0.3 is 4.74 Å². The highest BCUT2D eigenvalue weighted by molar-refractivity contribution is 5.36. The minimum atomic E-state index is 0.297. The van der Waals surface area contributed by atoms with Gasteiger partial charge in [0.05, 0.1) is 13.2 Å². The SMILES string of the molecule is CCn1ncnc1CN1CC2(COc3ccccc3C2)C1. The van der Waals surface area contributed by atoms with Gasteiger partial charge in [-0.05, 0) is 25.0 Å². The minimum absolute atomic E-state index is 0.297. The fraction of sp³-hybridized carbons (Fsp3) is 0.500. The first-order valence-electron chi connectivity index (χ1n) is 7.58. The lowest BCUT2D eigenvalue weighted by molar-refractivity contribution is -0.0496. The Labute approximate surface area is 124 Å². The molecule has 0 N–H and O–H groups in total. The summed E-state index contributed by atoms with van der Waals surface area (Å²) in [6.07, 6.45) is 2.77. The van der Waals surface area contributed by atoms with Crippen molar-refractivity contribution in [2.24, 2.45) is 5.41 Å². The Bertz CT molecular complexity index is 645. The van der Waals surface area contributed by atoms with E-state index in [9.17, 15) is 0 Å². The summed E-state index contributed by atoms with van der Waals surface area (Å²) in [6, 6.07) is 8.40. The molecule has 0 aliphatic carbocycles. The third-order valence-electron chi connectivity index (χ3n) is 4.55. The first-order valence-corrected chi connectivity index (χ1v) is 7.58. The zero-order valence-electron chi connectivity index (χ0n) is 12.3. The van der Waals surface area contributed by atoms with Crippen molar-refractivity contribution in [3.63, 3.8) is 0 Å². The lowest BCUT2D eigenvalue weighted by Crippen LogP contribution is -2.60. The summed E-state index contributed by atoms with van der Waals surface area (Å²) >= 11 is 0. The molecule has 4 rings (SSSR count). The molecule has 1 aromatic heterocycles. The number of hydrogen-bond acceptors (Lipinski definition) is 4. The van der Waals surface area contributed by atoms with E-state index in [4.69, 9.17) is 4.74 Å². The van der Waals surface area contributed by atoms with E-state index in [-0.39, 0.29) is 0 Å². The number of para-hydroxylation sites is 1. The Balaban J connectivity index is 1.41. The van der Waals surface area contributed by atoms with Crippen LogP contribution < -0.4 is 4.74 Å². The van der Waals surface area contributed by atoms with Crippen molar-refractivity contribution < 1.29 is 4.74 Å². The zero-order valence-corrected chi connectivity index (χ0v) is 12.3. The first-order chi connectivity index (χ1) is 10.3. The van der Waals surface area contributed by atoms with Gasteiger partial charge in [0.25, 0.3) is 0 Å². The highest BCUT2D eigenvalue weighted by atomic mass is 16.5. The molecule has 0 bridgehead atoms. The second kappa shape index (κ2) is 4.84. The molecule has 110 valence electrons. The fourth-order valence-electron chi connectivity index (χ4n) is 3.57. The molecule has 21 heavy (non-hydrogen) atoms. The van der Waals surface area contributed by atoms with Gasteiger partial charge in [-0.3, -0.25) is 4.90 Å². The van der Waals surface area contributed by atoms with E-state index in [1.54, 1.807) is 6.33 Å². The Morgan fingerprint density at radius 1 is 1.29 bits per heavy atom. The van der Waals surface area contributed by atoms with Crippen molar-refractivity contribution in [3.05, 3.63) is 42.0 Å². The third-order valence-corrected chi connectivity index (χ3v) is 4.55. The summed E-state index contributed by atoms with van der Waals surface area (Å²) in [7, 11) is 0. The van der Waals surface area contributed by atoms with Crippen molar-refractivity contribution in [1.29, 1.82) is 0 Å². The lowest BCUT2D eigenvalue weighted by atomic mass is 9.74. The number of aromatic nitrogens is 3. The fourth-order valence-corrected chi connectivity index (χ4v) is 3.57. The Hall–Kier alpha value is -1.88. The molecule has 0 unspecified atom stereocenters. The summed E-state index contributed by atoms with van der Waals surface area (Å²) in [4.78, 5) is 6.80. The van der Waals surface area contributed by atoms with Gasteiger partial charge in [-0.15, -0.1) is 0 Å². The van der Waals surface area contributed by atoms with E-state index in [0.29, 0.717) is 5.41 Å². The number of aryl methyl sites for hydroxylation is 1. The standard InChI is InChI=1S/C16H20N4O/c1-2-20-15(17-12-18-20)8-19-9-16(10-19)7-13-5-3-4-6-14(13)21-11-16/h3-6,12H,2,7-11H2,1H3. The molecule has 5 heteroatoms. The normalized spacial score (nSPS) is 19.9. The molecule has 2 aliphatic rings. The second-order valence-electron chi connectivity index (χ2n) is 6.21. The number of hydrogen-bond donors (Lipinski definition) is 0. The predicted octanol–water partition coefficient (Wildman–Crippen LogP) is 1.74. The highest BCUT2D eigenvalue weighted by Gasteiger charge is 2.46. The maximum atomic E-state index is 5.95. The predicted molar refractivity (Wildman–Crippen MR) is 79.0 cm³/mol. The maximum Gasteiger partial charge on any atom is 0.140 e. The molecule has 3 heterocycles. The van der Waals surface area contributed by atoms with Crippen LogP contribution >= 0.6 is 0 Å². The number of likely N-dealkylation sites (tertiary alicyclic amines) is 1. The van der Waals surface area contributed by atoms with Gasteiger partial charge in [0.2, 0.25) is 0 Å². The molecule has 1 spiro atoms. The van der Waals surface area contributed by atoms with Crippen molar-refractivity contribution in [1.82, 2.24) is 19.7 Å². The summed E-state index contributed by atoms with van der Waals surface area (Å²) < 4.78 is 7.92. The van der Waals surface area contributed by atoms with Gasteiger partial charge in [-0.1, -0.05) is 18.2 Å². The van der Waals surface area contributed by atoms with Crippen LogP contribution in [-0.2, 0) is 19.5 Å². The average molecular weight is 284 g/mol. The Morgan fingerprint density at radius 2 is 2.14 bits per heavy atom. The second-order valence-corrected chi connectivity index (χ2v) is 6.21.